The fourth-order valence-electron chi connectivity index (χ4n) is 1.42. The van der Waals surface area contributed by atoms with Gasteiger partial charge < -0.3 is 10.2 Å². The number of anilines is 1. The topological polar surface area (TPSA) is 69.0 Å². The van der Waals surface area contributed by atoms with Crippen molar-refractivity contribution < 1.29 is 4.79 Å². The van der Waals surface area contributed by atoms with Gasteiger partial charge in [0.2, 0.25) is 0 Å². The number of hydrogen-bond donors (Lipinski definition) is 1. The van der Waals surface area contributed by atoms with Crippen molar-refractivity contribution in [1.82, 2.24) is 9.88 Å². The summed E-state index contributed by atoms with van der Waals surface area (Å²) in [5.74, 6) is 0.422. The first kappa shape index (κ1) is 13.0. The molecule has 0 radical (unpaired) electrons. The van der Waals surface area contributed by atoms with Crippen LogP contribution in [0, 0.1) is 17.2 Å². The van der Waals surface area contributed by atoms with Gasteiger partial charge in [-0.3, -0.25) is 4.79 Å². The van der Waals surface area contributed by atoms with Crippen molar-refractivity contribution >= 4 is 11.7 Å². The van der Waals surface area contributed by atoms with E-state index in [0.717, 1.165) is 5.82 Å². The summed E-state index contributed by atoms with van der Waals surface area (Å²) in [7, 11) is 3.45. The maximum atomic E-state index is 12.0. The van der Waals surface area contributed by atoms with Crippen LogP contribution >= 0.6 is 0 Å². The van der Waals surface area contributed by atoms with E-state index in [4.69, 9.17) is 5.26 Å². The van der Waals surface area contributed by atoms with E-state index in [1.807, 2.05) is 0 Å². The van der Waals surface area contributed by atoms with E-state index in [1.165, 1.54) is 11.1 Å². The molecule has 17 heavy (non-hydrogen) atoms. The molecular formula is C12H16N4O. The lowest BCUT2D eigenvalue weighted by Crippen LogP contribution is -2.30. The maximum Gasteiger partial charge on any atom is 0.255 e. The second-order valence-corrected chi connectivity index (χ2v) is 3.90. The van der Waals surface area contributed by atoms with Gasteiger partial charge in [0.15, 0.2) is 0 Å². The number of nitriles is 1. The number of amides is 1. The zero-order chi connectivity index (χ0) is 12.8. The van der Waals surface area contributed by atoms with Crippen LogP contribution in [0.3, 0.4) is 0 Å². The minimum atomic E-state index is -0.173. The Bertz CT molecular complexity index is 421. The molecule has 90 valence electrons. The number of rotatable bonds is 4. The van der Waals surface area contributed by atoms with Gasteiger partial charge in [-0.25, -0.2) is 4.98 Å². The molecule has 0 aliphatic rings. The third-order valence-electron chi connectivity index (χ3n) is 2.38. The lowest BCUT2D eigenvalue weighted by Gasteiger charge is -2.18. The van der Waals surface area contributed by atoms with Gasteiger partial charge in [-0.15, -0.1) is 0 Å². The Balaban J connectivity index is 2.72. The Morgan fingerprint density at radius 3 is 2.82 bits per heavy atom. The van der Waals surface area contributed by atoms with Gasteiger partial charge in [0.05, 0.1) is 17.6 Å². The molecule has 0 aromatic carbocycles. The molecule has 0 saturated carbocycles. The van der Waals surface area contributed by atoms with Crippen molar-refractivity contribution in [3.63, 3.8) is 0 Å². The predicted octanol–water partition coefficient (Wildman–Crippen LogP) is 1.35. The van der Waals surface area contributed by atoms with Crippen molar-refractivity contribution in [2.75, 3.05) is 26.0 Å². The summed E-state index contributed by atoms with van der Waals surface area (Å²) in [4.78, 5) is 17.6. The average Bonchev–Trinajstić information content (AvgIpc) is 2.37. The van der Waals surface area contributed by atoms with E-state index in [-0.39, 0.29) is 11.8 Å². The molecule has 1 unspecified atom stereocenters. The summed E-state index contributed by atoms with van der Waals surface area (Å²) >= 11 is 0. The average molecular weight is 232 g/mol. The number of pyridine rings is 1. The zero-order valence-electron chi connectivity index (χ0n) is 10.3. The van der Waals surface area contributed by atoms with E-state index in [0.29, 0.717) is 12.1 Å². The second kappa shape index (κ2) is 5.85. The summed E-state index contributed by atoms with van der Waals surface area (Å²) in [5.41, 5.74) is 0.525. The van der Waals surface area contributed by atoms with E-state index in [1.54, 1.807) is 33.2 Å². The van der Waals surface area contributed by atoms with Gasteiger partial charge in [0.1, 0.15) is 5.82 Å². The fraction of sp³-hybridized carbons (Fsp3) is 0.417. The minimum absolute atomic E-state index is 0.123. The van der Waals surface area contributed by atoms with Crippen molar-refractivity contribution in [2.24, 2.45) is 5.92 Å². The summed E-state index contributed by atoms with van der Waals surface area (Å²) in [5, 5.41) is 11.6. The largest absolute Gasteiger partial charge is 0.373 e. The van der Waals surface area contributed by atoms with E-state index in [9.17, 15) is 4.79 Å². The van der Waals surface area contributed by atoms with Crippen LogP contribution in [0.4, 0.5) is 5.82 Å². The lowest BCUT2D eigenvalue weighted by atomic mass is 10.2. The molecule has 0 spiro atoms. The molecular weight excluding hydrogens is 216 g/mol. The van der Waals surface area contributed by atoms with Crippen molar-refractivity contribution in [3.8, 4) is 6.07 Å². The van der Waals surface area contributed by atoms with E-state index in [2.05, 4.69) is 16.4 Å². The highest BCUT2D eigenvalue weighted by Gasteiger charge is 2.14. The fourth-order valence-corrected chi connectivity index (χ4v) is 1.42. The van der Waals surface area contributed by atoms with Gasteiger partial charge >= 0.3 is 0 Å². The molecule has 5 heteroatoms. The SMILES string of the molecule is CNc1ccc(C(=O)N(C)CC(C)C#N)cn1. The Labute approximate surface area is 101 Å². The molecule has 0 aliphatic carbocycles. The maximum absolute atomic E-state index is 12.0. The molecule has 1 aromatic heterocycles. The number of hydrogen-bond acceptors (Lipinski definition) is 4. The van der Waals surface area contributed by atoms with Gasteiger partial charge in [0.25, 0.3) is 5.91 Å². The smallest absolute Gasteiger partial charge is 0.255 e. The van der Waals surface area contributed by atoms with Crippen LogP contribution < -0.4 is 5.32 Å². The van der Waals surface area contributed by atoms with Gasteiger partial charge in [-0.05, 0) is 19.1 Å². The van der Waals surface area contributed by atoms with Crippen LogP contribution in [-0.4, -0.2) is 36.4 Å². The molecule has 0 aliphatic heterocycles. The van der Waals surface area contributed by atoms with Crippen molar-refractivity contribution in [3.05, 3.63) is 23.9 Å². The monoisotopic (exact) mass is 232 g/mol. The summed E-state index contributed by atoms with van der Waals surface area (Å²) < 4.78 is 0. The van der Waals surface area contributed by atoms with Gasteiger partial charge in [0, 0.05) is 26.8 Å². The second-order valence-electron chi connectivity index (χ2n) is 3.90. The predicted molar refractivity (Wildman–Crippen MR) is 65.5 cm³/mol. The lowest BCUT2D eigenvalue weighted by molar-refractivity contribution is 0.0784. The number of aromatic nitrogens is 1. The highest BCUT2D eigenvalue weighted by Crippen LogP contribution is 2.07. The van der Waals surface area contributed by atoms with Gasteiger partial charge in [-0.2, -0.15) is 5.26 Å². The van der Waals surface area contributed by atoms with Crippen LogP contribution in [0.2, 0.25) is 0 Å². The van der Waals surface area contributed by atoms with Crippen molar-refractivity contribution in [1.29, 1.82) is 5.26 Å². The van der Waals surface area contributed by atoms with Crippen molar-refractivity contribution in [2.45, 2.75) is 6.92 Å². The number of nitrogens with zero attached hydrogens (tertiary/aromatic N) is 3. The van der Waals surface area contributed by atoms with E-state index < -0.39 is 0 Å². The van der Waals surface area contributed by atoms with Crippen LogP contribution in [0.5, 0.6) is 0 Å². The Morgan fingerprint density at radius 1 is 1.65 bits per heavy atom. The Hall–Kier alpha value is -2.09. The molecule has 1 rings (SSSR count). The summed E-state index contributed by atoms with van der Waals surface area (Å²) in [6, 6.07) is 5.56. The Morgan fingerprint density at radius 2 is 2.35 bits per heavy atom. The normalized spacial score (nSPS) is 11.4. The highest BCUT2D eigenvalue weighted by atomic mass is 16.2. The Kier molecular flexibility index (Phi) is 4.46. The molecule has 0 bridgehead atoms. The molecule has 1 N–H and O–H groups in total. The first-order valence-corrected chi connectivity index (χ1v) is 5.37. The third-order valence-corrected chi connectivity index (χ3v) is 2.38. The molecule has 1 aromatic rings. The summed E-state index contributed by atoms with van der Waals surface area (Å²) in [6.45, 7) is 2.20. The van der Waals surface area contributed by atoms with Crippen LogP contribution in [0.15, 0.2) is 18.3 Å². The highest BCUT2D eigenvalue weighted by molar-refractivity contribution is 5.93. The quantitative estimate of drug-likeness (QED) is 0.850. The molecule has 1 amide bonds. The molecule has 1 atom stereocenters. The number of nitrogens with one attached hydrogen (secondary N) is 1. The first-order valence-electron chi connectivity index (χ1n) is 5.37. The van der Waals surface area contributed by atoms with Gasteiger partial charge in [-0.1, -0.05) is 0 Å². The van der Waals surface area contributed by atoms with Crippen LogP contribution in [0.25, 0.3) is 0 Å². The number of carbonyl (C=O) groups is 1. The standard InChI is InChI=1S/C12H16N4O/c1-9(6-13)8-16(3)12(17)10-4-5-11(14-2)15-7-10/h4-5,7,9H,8H2,1-3H3,(H,14,15). The van der Waals surface area contributed by atoms with Crippen LogP contribution in [-0.2, 0) is 0 Å². The zero-order valence-corrected chi connectivity index (χ0v) is 10.3. The van der Waals surface area contributed by atoms with Crippen LogP contribution in [0.1, 0.15) is 17.3 Å². The first-order chi connectivity index (χ1) is 8.08. The third kappa shape index (κ3) is 3.45. The number of carbonyl (C=O) groups excluding carboxylic acids is 1. The molecule has 0 saturated heterocycles. The summed E-state index contributed by atoms with van der Waals surface area (Å²) in [6.07, 6.45) is 1.53. The molecule has 0 fully saturated rings. The molecule has 1 heterocycles. The molecule has 5 nitrogen and oxygen atoms in total. The van der Waals surface area contributed by atoms with E-state index >= 15 is 0 Å². The minimum Gasteiger partial charge on any atom is -0.373 e.